The molecule has 0 radical (unpaired) electrons. The van der Waals surface area contributed by atoms with E-state index in [1.165, 1.54) is 32.2 Å². The molecule has 1 amide bonds. The lowest BCUT2D eigenvalue weighted by molar-refractivity contribution is -0.143. The highest BCUT2D eigenvalue weighted by atomic mass is 19.4. The first-order chi connectivity index (χ1) is 8.74. The van der Waals surface area contributed by atoms with Gasteiger partial charge in [0, 0.05) is 24.3 Å². The summed E-state index contributed by atoms with van der Waals surface area (Å²) in [5, 5.41) is 0. The van der Waals surface area contributed by atoms with E-state index in [4.69, 9.17) is 5.73 Å². The van der Waals surface area contributed by atoms with Crippen LogP contribution in [0, 0.1) is 0 Å². The van der Waals surface area contributed by atoms with Crippen molar-refractivity contribution in [3.8, 4) is 0 Å². The first-order valence-corrected chi connectivity index (χ1v) is 5.77. The second-order valence-corrected chi connectivity index (χ2v) is 4.38. The zero-order chi connectivity index (χ0) is 14.6. The number of carbonyl (C=O) groups excluding carboxylic acids is 1. The van der Waals surface area contributed by atoms with Crippen molar-refractivity contribution in [2.45, 2.75) is 32.6 Å². The molecule has 2 N–H and O–H groups in total. The standard InChI is InChI=1S/C12H16F3N3O/c1-8(2)18(7-12(13,14)15)11(19)9-3-4-17-10(5-9)6-16/h3-5,8H,6-7,16H2,1-2H3. The number of halogens is 3. The van der Waals surface area contributed by atoms with Gasteiger partial charge in [-0.3, -0.25) is 9.78 Å². The number of amides is 1. The fourth-order valence-corrected chi connectivity index (χ4v) is 1.57. The Hall–Kier alpha value is -1.63. The van der Waals surface area contributed by atoms with Gasteiger partial charge >= 0.3 is 6.18 Å². The fourth-order valence-electron chi connectivity index (χ4n) is 1.57. The van der Waals surface area contributed by atoms with Gasteiger partial charge in [-0.1, -0.05) is 0 Å². The Morgan fingerprint density at radius 1 is 1.47 bits per heavy atom. The van der Waals surface area contributed by atoms with Crippen molar-refractivity contribution in [1.82, 2.24) is 9.88 Å². The van der Waals surface area contributed by atoms with E-state index in [1.807, 2.05) is 0 Å². The molecule has 0 spiro atoms. The zero-order valence-corrected chi connectivity index (χ0v) is 10.7. The Balaban J connectivity index is 2.99. The van der Waals surface area contributed by atoms with Gasteiger partial charge in [0.1, 0.15) is 6.54 Å². The van der Waals surface area contributed by atoms with Crippen molar-refractivity contribution in [1.29, 1.82) is 0 Å². The summed E-state index contributed by atoms with van der Waals surface area (Å²) in [5.41, 5.74) is 6.01. The highest BCUT2D eigenvalue weighted by molar-refractivity contribution is 5.94. The summed E-state index contributed by atoms with van der Waals surface area (Å²) in [5.74, 6) is -0.676. The molecule has 19 heavy (non-hydrogen) atoms. The van der Waals surface area contributed by atoms with Gasteiger partial charge in [-0.15, -0.1) is 0 Å². The van der Waals surface area contributed by atoms with Gasteiger partial charge in [-0.05, 0) is 26.0 Å². The molecule has 7 heteroatoms. The number of aromatic nitrogens is 1. The maximum absolute atomic E-state index is 12.5. The van der Waals surface area contributed by atoms with E-state index in [-0.39, 0.29) is 12.1 Å². The van der Waals surface area contributed by atoms with E-state index in [1.54, 1.807) is 0 Å². The van der Waals surface area contributed by atoms with Gasteiger partial charge in [0.2, 0.25) is 0 Å². The summed E-state index contributed by atoms with van der Waals surface area (Å²) in [7, 11) is 0. The van der Waals surface area contributed by atoms with E-state index in [9.17, 15) is 18.0 Å². The van der Waals surface area contributed by atoms with Crippen LogP contribution in [0.15, 0.2) is 18.3 Å². The molecule has 0 saturated carbocycles. The molecule has 0 aromatic carbocycles. The summed E-state index contributed by atoms with van der Waals surface area (Å²) in [6.07, 6.45) is -3.06. The van der Waals surface area contributed by atoms with E-state index in [0.717, 1.165) is 4.90 Å². The number of hydrogen-bond donors (Lipinski definition) is 1. The largest absolute Gasteiger partial charge is 0.406 e. The van der Waals surface area contributed by atoms with Crippen LogP contribution in [0.2, 0.25) is 0 Å². The molecule has 0 aliphatic heterocycles. The number of alkyl halides is 3. The molecule has 0 aliphatic rings. The van der Waals surface area contributed by atoms with Crippen LogP contribution in [0.1, 0.15) is 29.9 Å². The summed E-state index contributed by atoms with van der Waals surface area (Å²) in [6.45, 7) is 1.93. The lowest BCUT2D eigenvalue weighted by Gasteiger charge is -2.27. The number of nitrogens with zero attached hydrogens (tertiary/aromatic N) is 2. The summed E-state index contributed by atoms with van der Waals surface area (Å²) in [6, 6.07) is 2.24. The maximum atomic E-state index is 12.5. The number of rotatable bonds is 4. The van der Waals surface area contributed by atoms with Crippen molar-refractivity contribution in [3.63, 3.8) is 0 Å². The van der Waals surface area contributed by atoms with Crippen LogP contribution in [-0.4, -0.2) is 34.6 Å². The van der Waals surface area contributed by atoms with Gasteiger partial charge in [0.25, 0.3) is 5.91 Å². The Morgan fingerprint density at radius 2 is 2.11 bits per heavy atom. The summed E-state index contributed by atoms with van der Waals surface area (Å²) >= 11 is 0. The smallest absolute Gasteiger partial charge is 0.327 e. The van der Waals surface area contributed by atoms with Gasteiger partial charge in [-0.2, -0.15) is 13.2 Å². The lowest BCUT2D eigenvalue weighted by Crippen LogP contribution is -2.43. The predicted molar refractivity (Wildman–Crippen MR) is 64.4 cm³/mol. The van der Waals surface area contributed by atoms with E-state index in [0.29, 0.717) is 5.69 Å². The Labute approximate surface area is 109 Å². The van der Waals surface area contributed by atoms with Crippen molar-refractivity contribution < 1.29 is 18.0 Å². The zero-order valence-electron chi connectivity index (χ0n) is 10.7. The number of nitrogens with two attached hydrogens (primary N) is 1. The topological polar surface area (TPSA) is 59.2 Å². The average molecular weight is 275 g/mol. The third-order valence-corrected chi connectivity index (χ3v) is 2.51. The highest BCUT2D eigenvalue weighted by Gasteiger charge is 2.34. The molecule has 1 aromatic heterocycles. The first kappa shape index (κ1) is 15.4. The summed E-state index contributed by atoms with van der Waals surface area (Å²) < 4.78 is 37.4. The number of carbonyl (C=O) groups is 1. The molecule has 1 rings (SSSR count). The predicted octanol–water partition coefficient (Wildman–Crippen LogP) is 1.95. The van der Waals surface area contributed by atoms with Gasteiger partial charge in [0.05, 0.1) is 5.69 Å². The van der Waals surface area contributed by atoms with Crippen LogP contribution >= 0.6 is 0 Å². The van der Waals surface area contributed by atoms with Crippen molar-refractivity contribution in [2.24, 2.45) is 5.73 Å². The van der Waals surface area contributed by atoms with Crippen molar-refractivity contribution in [2.75, 3.05) is 6.54 Å². The monoisotopic (exact) mass is 275 g/mol. The molecule has 0 atom stereocenters. The normalized spacial score (nSPS) is 11.7. The van der Waals surface area contributed by atoms with E-state index < -0.39 is 24.7 Å². The van der Waals surface area contributed by atoms with Crippen LogP contribution in [0.4, 0.5) is 13.2 Å². The second kappa shape index (κ2) is 6.01. The maximum Gasteiger partial charge on any atom is 0.406 e. The van der Waals surface area contributed by atoms with E-state index in [2.05, 4.69) is 4.98 Å². The Bertz CT molecular complexity index is 446. The third-order valence-electron chi connectivity index (χ3n) is 2.51. The number of hydrogen-bond acceptors (Lipinski definition) is 3. The Morgan fingerprint density at radius 3 is 2.58 bits per heavy atom. The minimum Gasteiger partial charge on any atom is -0.327 e. The molecule has 0 aliphatic carbocycles. The van der Waals surface area contributed by atoms with Gasteiger partial charge in [0.15, 0.2) is 0 Å². The molecular weight excluding hydrogens is 259 g/mol. The molecule has 0 unspecified atom stereocenters. The van der Waals surface area contributed by atoms with E-state index >= 15 is 0 Å². The first-order valence-electron chi connectivity index (χ1n) is 5.77. The third kappa shape index (κ3) is 4.51. The van der Waals surface area contributed by atoms with Crippen LogP contribution in [0.25, 0.3) is 0 Å². The quantitative estimate of drug-likeness (QED) is 0.913. The molecule has 1 heterocycles. The van der Waals surface area contributed by atoms with Crippen LogP contribution in [0.5, 0.6) is 0 Å². The van der Waals surface area contributed by atoms with Crippen LogP contribution in [0.3, 0.4) is 0 Å². The molecule has 0 fully saturated rings. The minimum absolute atomic E-state index is 0.127. The van der Waals surface area contributed by atoms with Crippen LogP contribution in [-0.2, 0) is 6.54 Å². The van der Waals surface area contributed by atoms with Crippen molar-refractivity contribution >= 4 is 5.91 Å². The van der Waals surface area contributed by atoms with Crippen molar-refractivity contribution in [3.05, 3.63) is 29.6 Å². The van der Waals surface area contributed by atoms with Gasteiger partial charge in [-0.25, -0.2) is 0 Å². The fraction of sp³-hybridized carbons (Fsp3) is 0.500. The van der Waals surface area contributed by atoms with Crippen LogP contribution < -0.4 is 5.73 Å². The SMILES string of the molecule is CC(C)N(CC(F)(F)F)C(=O)c1ccnc(CN)c1. The molecule has 1 aromatic rings. The summed E-state index contributed by atoms with van der Waals surface area (Å²) in [4.78, 5) is 16.8. The molecule has 0 bridgehead atoms. The molecule has 4 nitrogen and oxygen atoms in total. The second-order valence-electron chi connectivity index (χ2n) is 4.38. The molecule has 0 saturated heterocycles. The molecule has 106 valence electrons. The lowest BCUT2D eigenvalue weighted by atomic mass is 10.1. The Kier molecular flexibility index (Phi) is 4.88. The minimum atomic E-state index is -4.43. The average Bonchev–Trinajstić information content (AvgIpc) is 2.34. The van der Waals surface area contributed by atoms with Gasteiger partial charge < -0.3 is 10.6 Å². The highest BCUT2D eigenvalue weighted by Crippen LogP contribution is 2.20. The number of pyridine rings is 1. The molecular formula is C12H16F3N3O.